The monoisotopic (exact) mass is 612 g/mol. The van der Waals surface area contributed by atoms with Gasteiger partial charge < -0.3 is 9.47 Å². The maximum absolute atomic E-state index is 14.2. The Morgan fingerprint density at radius 1 is 1.05 bits per heavy atom. The molecule has 0 unspecified atom stereocenters. The molecule has 0 fully saturated rings. The van der Waals surface area contributed by atoms with Gasteiger partial charge >= 0.3 is 12.1 Å². The molecule has 0 amide bonds. The van der Waals surface area contributed by atoms with E-state index in [1.807, 2.05) is 31.2 Å². The van der Waals surface area contributed by atoms with Gasteiger partial charge in [-0.1, -0.05) is 77.0 Å². The Morgan fingerprint density at radius 3 is 2.33 bits per heavy atom. The van der Waals surface area contributed by atoms with E-state index in [9.17, 15) is 22.8 Å². The van der Waals surface area contributed by atoms with Crippen LogP contribution in [-0.4, -0.2) is 23.3 Å². The minimum Gasteiger partial charge on any atom is -0.489 e. The van der Waals surface area contributed by atoms with Crippen LogP contribution in [0.3, 0.4) is 0 Å². The van der Waals surface area contributed by atoms with Crippen LogP contribution in [0.2, 0.25) is 5.02 Å². The van der Waals surface area contributed by atoms with Gasteiger partial charge in [-0.25, -0.2) is 9.79 Å². The van der Waals surface area contributed by atoms with Crippen LogP contribution in [0, 0.1) is 6.92 Å². The molecule has 1 aliphatic rings. The maximum Gasteiger partial charge on any atom is 0.434 e. The first kappa shape index (κ1) is 29.3. The summed E-state index contributed by atoms with van der Waals surface area (Å²) in [5.41, 5.74) is 0.292. The third-order valence-electron chi connectivity index (χ3n) is 6.48. The van der Waals surface area contributed by atoms with Crippen LogP contribution in [-0.2, 0) is 16.1 Å². The van der Waals surface area contributed by atoms with Gasteiger partial charge in [0.1, 0.15) is 12.4 Å². The van der Waals surface area contributed by atoms with Crippen LogP contribution in [0.25, 0.3) is 6.08 Å². The molecule has 216 valence electrons. The van der Waals surface area contributed by atoms with Crippen molar-refractivity contribution in [3.05, 3.63) is 131 Å². The van der Waals surface area contributed by atoms with Crippen LogP contribution in [0.4, 0.5) is 13.2 Å². The molecular weight excluding hydrogens is 589 g/mol. The Hall–Kier alpha value is -4.15. The number of fused-ring (bicyclic) bond motifs is 1. The normalized spacial score (nSPS) is 15.3. The van der Waals surface area contributed by atoms with E-state index in [-0.39, 0.29) is 21.5 Å². The van der Waals surface area contributed by atoms with E-state index in [1.54, 1.807) is 30.3 Å². The molecule has 3 aromatic carbocycles. The van der Waals surface area contributed by atoms with Gasteiger partial charge in [-0.3, -0.25) is 9.36 Å². The van der Waals surface area contributed by atoms with Gasteiger partial charge in [0, 0.05) is 5.02 Å². The number of aryl methyl sites for hydroxylation is 1. The fourth-order valence-corrected chi connectivity index (χ4v) is 5.59. The standard InChI is InChI=1S/C31H24ClF3N2O4S/c1-3-40-29(39)25-26(21-10-12-22(32)13-11-21)37-28(38)24(42-30(37)36-27(25)31(33,34)35)16-19-8-14-23(15-9-19)41-17-20-6-4-18(2)5-7-20/h4-16,26H,3,17H2,1-2H3/b24-16-/t26-/m1/s1. The van der Waals surface area contributed by atoms with Crippen molar-refractivity contribution in [3.8, 4) is 5.75 Å². The van der Waals surface area contributed by atoms with Crippen LogP contribution in [0.15, 0.2) is 93.9 Å². The number of rotatable bonds is 7. The lowest BCUT2D eigenvalue weighted by molar-refractivity contribution is -0.140. The third-order valence-corrected chi connectivity index (χ3v) is 7.72. The Morgan fingerprint density at radius 2 is 1.71 bits per heavy atom. The Bertz CT molecular complexity index is 1830. The molecule has 0 aliphatic carbocycles. The fraction of sp³-hybridized carbons (Fsp3) is 0.194. The van der Waals surface area contributed by atoms with Crippen molar-refractivity contribution in [2.24, 2.45) is 4.99 Å². The van der Waals surface area contributed by atoms with Crippen LogP contribution >= 0.6 is 22.9 Å². The smallest absolute Gasteiger partial charge is 0.434 e. The van der Waals surface area contributed by atoms with Crippen molar-refractivity contribution in [1.82, 2.24) is 4.57 Å². The number of thiazole rings is 1. The number of aromatic nitrogens is 1. The summed E-state index contributed by atoms with van der Waals surface area (Å²) in [6.07, 6.45) is -3.41. The second kappa shape index (κ2) is 12.0. The number of carbonyl (C=O) groups is 1. The number of benzene rings is 3. The number of allylic oxidation sites excluding steroid dienone is 1. The summed E-state index contributed by atoms with van der Waals surface area (Å²) in [4.78, 5) is 30.2. The van der Waals surface area contributed by atoms with Gasteiger partial charge in [0.15, 0.2) is 10.5 Å². The molecule has 42 heavy (non-hydrogen) atoms. The van der Waals surface area contributed by atoms with E-state index in [4.69, 9.17) is 21.1 Å². The van der Waals surface area contributed by atoms with E-state index in [0.29, 0.717) is 22.9 Å². The molecule has 4 aromatic rings. The number of carbonyl (C=O) groups excluding carboxylic acids is 1. The number of nitrogens with zero attached hydrogens (tertiary/aromatic N) is 2. The molecule has 0 spiro atoms. The van der Waals surface area contributed by atoms with E-state index in [2.05, 4.69) is 4.99 Å². The highest BCUT2D eigenvalue weighted by Gasteiger charge is 2.45. The molecule has 0 saturated heterocycles. The SMILES string of the molecule is CCOC(=O)C1=C(C(F)(F)F)N=c2s/c(=C\c3ccc(OCc4ccc(C)cc4)cc3)c(=O)n2[C@@H]1c1ccc(Cl)cc1. The lowest BCUT2D eigenvalue weighted by Gasteiger charge is -2.26. The molecule has 2 heterocycles. The Balaban J connectivity index is 1.56. The lowest BCUT2D eigenvalue weighted by atomic mass is 9.95. The van der Waals surface area contributed by atoms with Gasteiger partial charge in [-0.05, 0) is 60.9 Å². The van der Waals surface area contributed by atoms with E-state index < -0.39 is 35.0 Å². The van der Waals surface area contributed by atoms with Gasteiger partial charge in [0.25, 0.3) is 5.56 Å². The van der Waals surface area contributed by atoms with Gasteiger partial charge in [0.05, 0.1) is 22.8 Å². The minimum absolute atomic E-state index is 0.146. The number of hydrogen-bond donors (Lipinski definition) is 0. The van der Waals surface area contributed by atoms with Crippen molar-refractivity contribution in [2.45, 2.75) is 32.7 Å². The van der Waals surface area contributed by atoms with Crippen LogP contribution < -0.4 is 19.6 Å². The minimum atomic E-state index is -4.98. The average Bonchev–Trinajstić information content (AvgIpc) is 3.27. The van der Waals surface area contributed by atoms with Gasteiger partial charge in [-0.15, -0.1) is 0 Å². The highest BCUT2D eigenvalue weighted by molar-refractivity contribution is 7.07. The van der Waals surface area contributed by atoms with Crippen molar-refractivity contribution in [3.63, 3.8) is 0 Å². The first-order valence-electron chi connectivity index (χ1n) is 12.9. The summed E-state index contributed by atoms with van der Waals surface area (Å²) >= 11 is 6.81. The van der Waals surface area contributed by atoms with E-state index in [0.717, 1.165) is 27.0 Å². The zero-order valence-electron chi connectivity index (χ0n) is 22.4. The van der Waals surface area contributed by atoms with Crippen LogP contribution in [0.1, 0.15) is 35.2 Å². The summed E-state index contributed by atoms with van der Waals surface area (Å²) in [7, 11) is 0. The number of halogens is 4. The molecule has 5 rings (SSSR count). The van der Waals surface area contributed by atoms with Crippen molar-refractivity contribution < 1.29 is 27.4 Å². The lowest BCUT2D eigenvalue weighted by Crippen LogP contribution is -2.41. The quantitative estimate of drug-likeness (QED) is 0.244. The molecule has 6 nitrogen and oxygen atoms in total. The van der Waals surface area contributed by atoms with Crippen molar-refractivity contribution in [1.29, 1.82) is 0 Å². The Kier molecular flexibility index (Phi) is 8.38. The number of alkyl halides is 3. The molecule has 1 atom stereocenters. The van der Waals surface area contributed by atoms with Crippen LogP contribution in [0.5, 0.6) is 5.75 Å². The third kappa shape index (κ3) is 6.19. The average molecular weight is 613 g/mol. The molecule has 1 aromatic heterocycles. The first-order valence-corrected chi connectivity index (χ1v) is 14.1. The number of esters is 1. The number of ether oxygens (including phenoxy) is 2. The van der Waals surface area contributed by atoms with Gasteiger partial charge in [0.2, 0.25) is 0 Å². The summed E-state index contributed by atoms with van der Waals surface area (Å²) in [6, 6.07) is 19.4. The summed E-state index contributed by atoms with van der Waals surface area (Å²) in [5, 5.41) is 0.343. The molecular formula is C31H24ClF3N2O4S. The zero-order valence-corrected chi connectivity index (χ0v) is 24.0. The molecule has 0 radical (unpaired) electrons. The second-order valence-electron chi connectivity index (χ2n) is 9.46. The van der Waals surface area contributed by atoms with E-state index in [1.165, 1.54) is 31.2 Å². The summed E-state index contributed by atoms with van der Waals surface area (Å²) in [5.74, 6) is -0.588. The van der Waals surface area contributed by atoms with Gasteiger partial charge in [-0.2, -0.15) is 13.2 Å². The largest absolute Gasteiger partial charge is 0.489 e. The molecule has 1 aliphatic heterocycles. The number of hydrogen-bond acceptors (Lipinski definition) is 6. The predicted octanol–water partition coefficient (Wildman–Crippen LogP) is 5.88. The summed E-state index contributed by atoms with van der Waals surface area (Å²) in [6.45, 7) is 3.72. The maximum atomic E-state index is 14.2. The molecule has 11 heteroatoms. The zero-order chi connectivity index (χ0) is 30.0. The summed E-state index contributed by atoms with van der Waals surface area (Å²) < 4.78 is 54.8. The first-order chi connectivity index (χ1) is 20.0. The van der Waals surface area contributed by atoms with Crippen molar-refractivity contribution in [2.75, 3.05) is 6.61 Å². The molecule has 0 N–H and O–H groups in total. The second-order valence-corrected chi connectivity index (χ2v) is 10.9. The molecule has 0 saturated carbocycles. The predicted molar refractivity (Wildman–Crippen MR) is 154 cm³/mol. The fourth-order valence-electron chi connectivity index (χ4n) is 4.46. The molecule has 0 bridgehead atoms. The van der Waals surface area contributed by atoms with Crippen molar-refractivity contribution >= 4 is 35.0 Å². The topological polar surface area (TPSA) is 69.9 Å². The Labute approximate surface area is 247 Å². The van der Waals surface area contributed by atoms with E-state index >= 15 is 0 Å². The highest BCUT2D eigenvalue weighted by Crippen LogP contribution is 2.38. The highest BCUT2D eigenvalue weighted by atomic mass is 35.5.